The Morgan fingerprint density at radius 2 is 1.79 bits per heavy atom. The summed E-state index contributed by atoms with van der Waals surface area (Å²) in [5.41, 5.74) is 7.72. The van der Waals surface area contributed by atoms with Gasteiger partial charge in [0.1, 0.15) is 5.75 Å². The second-order valence-corrected chi connectivity index (χ2v) is 7.06. The van der Waals surface area contributed by atoms with Gasteiger partial charge in [-0.1, -0.05) is 12.1 Å². The summed E-state index contributed by atoms with van der Waals surface area (Å²) in [5.74, 6) is 0.259. The van der Waals surface area contributed by atoms with Crippen LogP contribution in [0.4, 0.5) is 26.2 Å². The maximum atomic E-state index is 14.8. The highest BCUT2D eigenvalue weighted by Crippen LogP contribution is 2.32. The maximum Gasteiger partial charge on any atom is 0.414 e. The molecule has 1 amide bonds. The number of carbonyl (C=O) groups is 1. The molecule has 7 nitrogen and oxygen atoms in total. The van der Waals surface area contributed by atoms with Gasteiger partial charge in [0.05, 0.1) is 37.8 Å². The molecule has 1 aliphatic rings. The zero-order valence-corrected chi connectivity index (χ0v) is 17.0. The van der Waals surface area contributed by atoms with Crippen molar-refractivity contribution in [3.05, 3.63) is 47.8 Å². The van der Waals surface area contributed by atoms with E-state index in [2.05, 4.69) is 4.90 Å². The molecule has 29 heavy (non-hydrogen) atoms. The van der Waals surface area contributed by atoms with Crippen LogP contribution in [0.1, 0.15) is 5.56 Å². The molecular weight excluding hydrogens is 375 g/mol. The van der Waals surface area contributed by atoms with Gasteiger partial charge < -0.3 is 25.0 Å². The van der Waals surface area contributed by atoms with Crippen LogP contribution in [-0.4, -0.2) is 58.4 Å². The third-order valence-electron chi connectivity index (χ3n) is 5.12. The van der Waals surface area contributed by atoms with E-state index in [4.69, 9.17) is 15.2 Å². The van der Waals surface area contributed by atoms with Crippen LogP contribution in [0.15, 0.2) is 36.4 Å². The van der Waals surface area contributed by atoms with Crippen molar-refractivity contribution in [2.24, 2.45) is 0 Å². The smallest absolute Gasteiger partial charge is 0.414 e. The summed E-state index contributed by atoms with van der Waals surface area (Å²) >= 11 is 0. The molecule has 2 N–H and O–H groups in total. The number of carbonyl (C=O) groups excluding carboxylic acids is 1. The predicted octanol–water partition coefficient (Wildman–Crippen LogP) is 2.94. The fourth-order valence-corrected chi connectivity index (χ4v) is 3.33. The van der Waals surface area contributed by atoms with Gasteiger partial charge >= 0.3 is 6.09 Å². The number of hydrogen-bond acceptors (Lipinski definition) is 6. The lowest BCUT2D eigenvalue weighted by Crippen LogP contribution is -2.45. The third-order valence-corrected chi connectivity index (χ3v) is 5.12. The molecule has 8 heteroatoms. The van der Waals surface area contributed by atoms with Gasteiger partial charge in [-0.25, -0.2) is 9.18 Å². The van der Waals surface area contributed by atoms with Crippen LogP contribution in [0.25, 0.3) is 0 Å². The second-order valence-electron chi connectivity index (χ2n) is 7.06. The highest BCUT2D eigenvalue weighted by molar-refractivity contribution is 5.89. The number of likely N-dealkylation sites (N-methyl/N-ethyl adjacent to an activating group) is 1. The first-order chi connectivity index (χ1) is 13.9. The number of rotatable bonds is 5. The first-order valence-electron chi connectivity index (χ1n) is 9.44. The predicted molar refractivity (Wildman–Crippen MR) is 112 cm³/mol. The van der Waals surface area contributed by atoms with Gasteiger partial charge in [0.25, 0.3) is 0 Å². The van der Waals surface area contributed by atoms with Crippen molar-refractivity contribution in [1.82, 2.24) is 4.90 Å². The zero-order valence-electron chi connectivity index (χ0n) is 17.0. The molecule has 1 fully saturated rings. The number of nitrogen functional groups attached to an aromatic ring is 1. The van der Waals surface area contributed by atoms with Gasteiger partial charge in [-0.05, 0) is 36.9 Å². The molecular formula is C21H27FN4O3. The molecule has 3 rings (SSSR count). The van der Waals surface area contributed by atoms with E-state index in [9.17, 15) is 9.18 Å². The normalized spacial score (nSPS) is 14.6. The SMILES string of the molecule is COC(=O)N(Cc1ccc(OC)cc1)c1cc(N)c(F)c(N2CCN(C)CC2)c1. The molecule has 0 atom stereocenters. The van der Waals surface area contributed by atoms with Crippen LogP contribution in [0.3, 0.4) is 0 Å². The van der Waals surface area contributed by atoms with Gasteiger partial charge in [-0.2, -0.15) is 0 Å². The monoisotopic (exact) mass is 402 g/mol. The minimum atomic E-state index is -0.545. The maximum absolute atomic E-state index is 14.8. The molecule has 156 valence electrons. The lowest BCUT2D eigenvalue weighted by atomic mass is 10.1. The Bertz CT molecular complexity index is 852. The molecule has 2 aromatic carbocycles. The average Bonchev–Trinajstić information content (AvgIpc) is 2.74. The van der Waals surface area contributed by atoms with Crippen LogP contribution < -0.4 is 20.3 Å². The number of ether oxygens (including phenoxy) is 2. The third kappa shape index (κ3) is 4.71. The highest BCUT2D eigenvalue weighted by atomic mass is 19.1. The van der Waals surface area contributed by atoms with Crippen LogP contribution in [-0.2, 0) is 11.3 Å². The molecule has 0 unspecified atom stereocenters. The number of halogens is 1. The number of anilines is 3. The number of benzene rings is 2. The van der Waals surface area contributed by atoms with Crippen molar-refractivity contribution in [3.8, 4) is 5.75 Å². The fourth-order valence-electron chi connectivity index (χ4n) is 3.33. The van der Waals surface area contributed by atoms with Gasteiger partial charge in [-0.15, -0.1) is 0 Å². The quantitative estimate of drug-likeness (QED) is 0.776. The molecule has 0 bridgehead atoms. The van der Waals surface area contributed by atoms with Crippen LogP contribution >= 0.6 is 0 Å². The molecule has 0 aromatic heterocycles. The number of methoxy groups -OCH3 is 2. The van der Waals surface area contributed by atoms with Gasteiger partial charge in [0, 0.05) is 26.2 Å². The van der Waals surface area contributed by atoms with Gasteiger partial charge in [0.2, 0.25) is 0 Å². The number of hydrogen-bond donors (Lipinski definition) is 1. The fraction of sp³-hybridized carbons (Fsp3) is 0.381. The Kier molecular flexibility index (Phi) is 6.43. The number of piperazine rings is 1. The molecule has 0 radical (unpaired) electrons. The second kappa shape index (κ2) is 9.00. The highest BCUT2D eigenvalue weighted by Gasteiger charge is 2.24. The number of nitrogens with zero attached hydrogens (tertiary/aromatic N) is 3. The molecule has 0 spiro atoms. The molecule has 0 aliphatic carbocycles. The molecule has 1 saturated heterocycles. The first-order valence-corrected chi connectivity index (χ1v) is 9.44. The Morgan fingerprint density at radius 1 is 1.14 bits per heavy atom. The Labute approximate surface area is 170 Å². The Balaban J connectivity index is 1.93. The van der Waals surface area contributed by atoms with E-state index in [0.29, 0.717) is 24.5 Å². The van der Waals surface area contributed by atoms with E-state index in [1.807, 2.05) is 36.2 Å². The topological polar surface area (TPSA) is 71.3 Å². The van der Waals surface area contributed by atoms with Crippen molar-refractivity contribution < 1.29 is 18.7 Å². The molecule has 1 heterocycles. The average molecular weight is 402 g/mol. The molecule has 0 saturated carbocycles. The van der Waals surface area contributed by atoms with Crippen LogP contribution in [0.5, 0.6) is 5.75 Å². The van der Waals surface area contributed by atoms with E-state index in [1.54, 1.807) is 13.2 Å². The van der Waals surface area contributed by atoms with Crippen LogP contribution in [0, 0.1) is 5.82 Å². The van der Waals surface area contributed by atoms with Gasteiger partial charge in [0.15, 0.2) is 5.82 Å². The number of nitrogens with two attached hydrogens (primary N) is 1. The van der Waals surface area contributed by atoms with E-state index in [-0.39, 0.29) is 12.2 Å². The van der Waals surface area contributed by atoms with E-state index in [0.717, 1.165) is 24.4 Å². The van der Waals surface area contributed by atoms with Crippen molar-refractivity contribution in [2.75, 3.05) is 63.0 Å². The summed E-state index contributed by atoms with van der Waals surface area (Å²) in [6.45, 7) is 3.29. The summed E-state index contributed by atoms with van der Waals surface area (Å²) in [6, 6.07) is 10.5. The Morgan fingerprint density at radius 3 is 2.38 bits per heavy atom. The van der Waals surface area contributed by atoms with Crippen molar-refractivity contribution >= 4 is 23.2 Å². The largest absolute Gasteiger partial charge is 0.497 e. The summed E-state index contributed by atoms with van der Waals surface area (Å²) in [5, 5.41) is 0. The van der Waals surface area contributed by atoms with Crippen molar-refractivity contribution in [3.63, 3.8) is 0 Å². The van der Waals surface area contributed by atoms with E-state index in [1.165, 1.54) is 18.1 Å². The van der Waals surface area contributed by atoms with Crippen molar-refractivity contribution in [2.45, 2.75) is 6.54 Å². The van der Waals surface area contributed by atoms with Gasteiger partial charge in [-0.3, -0.25) is 4.90 Å². The summed E-state index contributed by atoms with van der Waals surface area (Å²) < 4.78 is 24.9. The minimum absolute atomic E-state index is 0.0000574. The summed E-state index contributed by atoms with van der Waals surface area (Å²) in [7, 11) is 4.95. The van der Waals surface area contributed by atoms with E-state index < -0.39 is 11.9 Å². The standard InChI is InChI=1S/C21H27FN4O3/c1-24-8-10-25(11-9-24)19-13-16(12-18(23)20(19)22)26(21(27)29-3)14-15-4-6-17(28-2)7-5-15/h4-7,12-13H,8-11,14,23H2,1-3H3. The summed E-state index contributed by atoms with van der Waals surface area (Å²) in [6.07, 6.45) is -0.545. The summed E-state index contributed by atoms with van der Waals surface area (Å²) in [4.78, 5) is 18.1. The first kappa shape index (κ1) is 20.7. The lowest BCUT2D eigenvalue weighted by molar-refractivity contribution is 0.178. The van der Waals surface area contributed by atoms with Crippen molar-refractivity contribution in [1.29, 1.82) is 0 Å². The molecule has 2 aromatic rings. The lowest BCUT2D eigenvalue weighted by Gasteiger charge is -2.35. The minimum Gasteiger partial charge on any atom is -0.497 e. The molecule has 1 aliphatic heterocycles. The Hall–Kier alpha value is -3.00. The number of amides is 1. The van der Waals surface area contributed by atoms with Crippen LogP contribution in [0.2, 0.25) is 0 Å². The van der Waals surface area contributed by atoms with E-state index >= 15 is 0 Å². The zero-order chi connectivity index (χ0) is 21.0.